The summed E-state index contributed by atoms with van der Waals surface area (Å²) < 4.78 is 9.85. The van der Waals surface area contributed by atoms with Crippen LogP contribution in [0.25, 0.3) is 0 Å². The molecular weight excluding hydrogens is 174 g/mol. The van der Waals surface area contributed by atoms with Gasteiger partial charge in [0.05, 0.1) is 13.2 Å². The Labute approximate surface area is 77.6 Å². The molecule has 0 saturated carbocycles. The molecular formula is C8H11NO2S. The average Bonchev–Trinajstić information content (AvgIpc) is 2.06. The zero-order valence-electron chi connectivity index (χ0n) is 7.16. The van der Waals surface area contributed by atoms with Crippen molar-refractivity contribution in [2.45, 2.75) is 13.8 Å². The van der Waals surface area contributed by atoms with Gasteiger partial charge in [-0.05, 0) is 26.1 Å². The molecule has 0 aliphatic heterocycles. The number of hydrogen-bond acceptors (Lipinski definition) is 4. The minimum Gasteiger partial charge on any atom is -0.500 e. The molecule has 0 heterocycles. The van der Waals surface area contributed by atoms with Crippen LogP contribution in [-0.2, 0) is 9.47 Å². The van der Waals surface area contributed by atoms with Crippen molar-refractivity contribution in [1.82, 2.24) is 0 Å². The van der Waals surface area contributed by atoms with E-state index in [1.165, 1.54) is 6.26 Å². The lowest BCUT2D eigenvalue weighted by molar-refractivity contribution is 0.266. The number of ether oxygens (including phenoxy) is 2. The zero-order valence-corrected chi connectivity index (χ0v) is 7.98. The van der Waals surface area contributed by atoms with Gasteiger partial charge in [-0.25, -0.2) is 0 Å². The Morgan fingerprint density at radius 3 is 2.58 bits per heavy atom. The quantitative estimate of drug-likeness (QED) is 0.290. The summed E-state index contributed by atoms with van der Waals surface area (Å²) in [5.74, 6) is 0. The molecule has 0 spiro atoms. The van der Waals surface area contributed by atoms with Crippen LogP contribution in [0.4, 0.5) is 0 Å². The normalized spacial score (nSPS) is 10.2. The van der Waals surface area contributed by atoms with Crippen molar-refractivity contribution in [2.24, 2.45) is 0 Å². The molecule has 0 aromatic rings. The van der Waals surface area contributed by atoms with Crippen LogP contribution in [0, 0.1) is 11.3 Å². The molecule has 0 radical (unpaired) electrons. The third-order valence-corrected chi connectivity index (χ3v) is 1.32. The standard InChI is InChI=1S/C8H11NO2S/c1-3-10-6-7(5-9)8(12)11-4-2/h6H,3-4H2,1-2H3. The summed E-state index contributed by atoms with van der Waals surface area (Å²) in [4.78, 5) is 0. The second-order valence-electron chi connectivity index (χ2n) is 1.82. The largest absolute Gasteiger partial charge is 0.500 e. The predicted molar refractivity (Wildman–Crippen MR) is 49.5 cm³/mol. The highest BCUT2D eigenvalue weighted by atomic mass is 32.1. The fraction of sp³-hybridized carbons (Fsp3) is 0.500. The summed E-state index contributed by atoms with van der Waals surface area (Å²) in [5.41, 5.74) is 0.258. The first-order chi connectivity index (χ1) is 5.76. The Morgan fingerprint density at radius 2 is 2.17 bits per heavy atom. The van der Waals surface area contributed by atoms with Crippen molar-refractivity contribution in [3.63, 3.8) is 0 Å². The smallest absolute Gasteiger partial charge is 0.205 e. The number of nitrogens with zero attached hydrogens (tertiary/aromatic N) is 1. The van der Waals surface area contributed by atoms with Crippen LogP contribution in [-0.4, -0.2) is 18.3 Å². The van der Waals surface area contributed by atoms with Gasteiger partial charge in [0.2, 0.25) is 5.05 Å². The van der Waals surface area contributed by atoms with E-state index >= 15 is 0 Å². The first kappa shape index (κ1) is 10.9. The summed E-state index contributed by atoms with van der Waals surface area (Å²) in [5, 5.41) is 8.77. The van der Waals surface area contributed by atoms with Crippen molar-refractivity contribution < 1.29 is 9.47 Å². The molecule has 0 fully saturated rings. The van der Waals surface area contributed by atoms with Gasteiger partial charge in [-0.15, -0.1) is 0 Å². The lowest BCUT2D eigenvalue weighted by atomic mass is 10.3. The highest BCUT2D eigenvalue weighted by Crippen LogP contribution is 1.99. The van der Waals surface area contributed by atoms with Gasteiger partial charge in [0.1, 0.15) is 17.9 Å². The van der Waals surface area contributed by atoms with Crippen molar-refractivity contribution >= 4 is 17.3 Å². The molecule has 0 amide bonds. The molecule has 3 nitrogen and oxygen atoms in total. The van der Waals surface area contributed by atoms with Crippen LogP contribution in [0.3, 0.4) is 0 Å². The average molecular weight is 185 g/mol. The Hall–Kier alpha value is -1.08. The van der Waals surface area contributed by atoms with Gasteiger partial charge in [0, 0.05) is 0 Å². The fourth-order valence-corrected chi connectivity index (χ4v) is 0.707. The molecule has 0 saturated heterocycles. The molecule has 0 aliphatic rings. The van der Waals surface area contributed by atoms with E-state index in [1.54, 1.807) is 0 Å². The Balaban J connectivity index is 4.16. The number of hydrogen-bond donors (Lipinski definition) is 0. The van der Waals surface area contributed by atoms with Crippen LogP contribution >= 0.6 is 12.2 Å². The monoisotopic (exact) mass is 185 g/mol. The van der Waals surface area contributed by atoms with E-state index in [0.29, 0.717) is 13.2 Å². The maximum absolute atomic E-state index is 8.58. The maximum atomic E-state index is 8.58. The van der Waals surface area contributed by atoms with Gasteiger partial charge in [-0.2, -0.15) is 5.26 Å². The van der Waals surface area contributed by atoms with Gasteiger partial charge < -0.3 is 9.47 Å². The third kappa shape index (κ3) is 3.94. The summed E-state index contributed by atoms with van der Waals surface area (Å²) in [6.45, 7) is 4.61. The molecule has 0 N–H and O–H groups in total. The van der Waals surface area contributed by atoms with E-state index in [9.17, 15) is 0 Å². The van der Waals surface area contributed by atoms with E-state index in [2.05, 4.69) is 0 Å². The van der Waals surface area contributed by atoms with Gasteiger partial charge in [0.25, 0.3) is 0 Å². The van der Waals surface area contributed by atoms with Crippen LogP contribution in [0.1, 0.15) is 13.8 Å². The SMILES string of the molecule is CCOC=C(C#N)C(=S)OCC. The number of thiocarbonyl (C=S) groups is 1. The first-order valence-electron chi connectivity index (χ1n) is 3.65. The Morgan fingerprint density at radius 1 is 1.50 bits per heavy atom. The summed E-state index contributed by atoms with van der Waals surface area (Å²) in [6.07, 6.45) is 1.32. The summed E-state index contributed by atoms with van der Waals surface area (Å²) in [6, 6.07) is 1.89. The lowest BCUT2D eigenvalue weighted by Gasteiger charge is -2.02. The van der Waals surface area contributed by atoms with Crippen molar-refractivity contribution in [2.75, 3.05) is 13.2 Å². The lowest BCUT2D eigenvalue weighted by Crippen LogP contribution is -2.04. The van der Waals surface area contributed by atoms with Crippen LogP contribution < -0.4 is 0 Å². The van der Waals surface area contributed by atoms with E-state index in [-0.39, 0.29) is 10.6 Å². The summed E-state index contributed by atoms with van der Waals surface area (Å²) in [7, 11) is 0. The molecule has 0 aromatic heterocycles. The molecule has 0 bridgehead atoms. The second-order valence-corrected chi connectivity index (χ2v) is 2.19. The topological polar surface area (TPSA) is 42.2 Å². The van der Waals surface area contributed by atoms with Gasteiger partial charge >= 0.3 is 0 Å². The zero-order chi connectivity index (χ0) is 9.40. The Kier molecular flexibility index (Phi) is 6.02. The molecule has 66 valence electrons. The minimum absolute atomic E-state index is 0.188. The van der Waals surface area contributed by atoms with Crippen LogP contribution in [0.2, 0.25) is 0 Å². The minimum atomic E-state index is 0.188. The molecule has 12 heavy (non-hydrogen) atoms. The first-order valence-corrected chi connectivity index (χ1v) is 4.06. The molecule has 0 aromatic carbocycles. The van der Waals surface area contributed by atoms with Crippen LogP contribution in [0.15, 0.2) is 11.8 Å². The Bertz CT molecular complexity index is 218. The van der Waals surface area contributed by atoms with Gasteiger partial charge in [0.15, 0.2) is 0 Å². The number of nitriles is 1. The highest BCUT2D eigenvalue weighted by molar-refractivity contribution is 7.80. The molecule has 0 aliphatic carbocycles. The maximum Gasteiger partial charge on any atom is 0.205 e. The molecule has 4 heteroatoms. The second kappa shape index (κ2) is 6.62. The van der Waals surface area contributed by atoms with E-state index in [0.717, 1.165) is 0 Å². The fourth-order valence-electron chi connectivity index (χ4n) is 0.496. The molecule has 0 atom stereocenters. The van der Waals surface area contributed by atoms with Crippen molar-refractivity contribution in [3.05, 3.63) is 11.8 Å². The third-order valence-electron chi connectivity index (χ3n) is 0.984. The van der Waals surface area contributed by atoms with E-state index in [4.69, 9.17) is 27.0 Å². The number of rotatable bonds is 4. The molecule has 0 unspecified atom stereocenters. The van der Waals surface area contributed by atoms with E-state index < -0.39 is 0 Å². The van der Waals surface area contributed by atoms with E-state index in [1.807, 2.05) is 19.9 Å². The van der Waals surface area contributed by atoms with Gasteiger partial charge in [-0.3, -0.25) is 0 Å². The van der Waals surface area contributed by atoms with Crippen molar-refractivity contribution in [3.8, 4) is 6.07 Å². The van der Waals surface area contributed by atoms with Crippen molar-refractivity contribution in [1.29, 1.82) is 5.26 Å². The highest BCUT2D eigenvalue weighted by Gasteiger charge is 2.04. The summed E-state index contributed by atoms with van der Waals surface area (Å²) >= 11 is 4.79. The molecule has 0 rings (SSSR count). The van der Waals surface area contributed by atoms with Gasteiger partial charge in [-0.1, -0.05) is 0 Å². The predicted octanol–water partition coefficient (Wildman–Crippen LogP) is 1.79. The van der Waals surface area contributed by atoms with Crippen LogP contribution in [0.5, 0.6) is 0 Å².